The third kappa shape index (κ3) is 9.08. The highest BCUT2D eigenvalue weighted by Crippen LogP contribution is 2.21. The van der Waals surface area contributed by atoms with Crippen LogP contribution >= 0.6 is 0 Å². The van der Waals surface area contributed by atoms with Crippen molar-refractivity contribution in [1.82, 2.24) is 10.6 Å². The van der Waals surface area contributed by atoms with Gasteiger partial charge in [-0.05, 0) is 88.8 Å². The first-order valence-electron chi connectivity index (χ1n) is 12.2. The van der Waals surface area contributed by atoms with Gasteiger partial charge in [0, 0.05) is 13.1 Å². The van der Waals surface area contributed by atoms with Gasteiger partial charge in [0.25, 0.3) is 11.8 Å². The number of aryl methyl sites for hydroxylation is 4. The molecule has 2 rings (SSSR count). The average Bonchev–Trinajstić information content (AvgIpc) is 2.79. The van der Waals surface area contributed by atoms with E-state index in [-0.39, 0.29) is 11.8 Å². The van der Waals surface area contributed by atoms with E-state index >= 15 is 0 Å². The Morgan fingerprint density at radius 1 is 0.676 bits per heavy atom. The van der Waals surface area contributed by atoms with Crippen LogP contribution in [0.4, 0.5) is 0 Å². The van der Waals surface area contributed by atoms with Crippen LogP contribution in [0.25, 0.3) is 0 Å². The minimum Gasteiger partial charge on any atom is -0.481 e. The Balaban J connectivity index is 1.55. The Bertz CT molecular complexity index is 880. The van der Waals surface area contributed by atoms with Crippen molar-refractivity contribution in [3.05, 3.63) is 58.7 Å². The molecule has 34 heavy (non-hydrogen) atoms. The highest BCUT2D eigenvalue weighted by atomic mass is 16.5. The molecule has 0 spiro atoms. The molecule has 2 atom stereocenters. The summed E-state index contributed by atoms with van der Waals surface area (Å²) in [7, 11) is 0. The van der Waals surface area contributed by atoms with E-state index < -0.39 is 12.2 Å². The molecule has 6 heteroatoms. The number of carbonyl (C=O) groups excluding carboxylic acids is 2. The van der Waals surface area contributed by atoms with Crippen molar-refractivity contribution < 1.29 is 19.1 Å². The van der Waals surface area contributed by atoms with Crippen LogP contribution in [0.2, 0.25) is 0 Å². The third-order valence-electron chi connectivity index (χ3n) is 5.74. The summed E-state index contributed by atoms with van der Waals surface area (Å²) in [6.45, 7) is 12.7. The lowest BCUT2D eigenvalue weighted by Gasteiger charge is -2.17. The summed E-state index contributed by atoms with van der Waals surface area (Å²) in [5.41, 5.74) is 4.24. The molecular formula is C28H40N2O4. The first-order chi connectivity index (χ1) is 16.2. The summed E-state index contributed by atoms with van der Waals surface area (Å²) < 4.78 is 11.7. The molecule has 0 aromatic heterocycles. The minimum absolute atomic E-state index is 0.106. The Morgan fingerprint density at radius 3 is 1.44 bits per heavy atom. The van der Waals surface area contributed by atoms with E-state index in [0.717, 1.165) is 59.4 Å². The maximum absolute atomic E-state index is 12.3. The molecule has 0 aliphatic heterocycles. The second-order valence-corrected chi connectivity index (χ2v) is 9.05. The molecule has 0 radical (unpaired) electrons. The molecule has 0 fully saturated rings. The topological polar surface area (TPSA) is 76.7 Å². The highest BCUT2D eigenvalue weighted by molar-refractivity contribution is 5.81. The van der Waals surface area contributed by atoms with Gasteiger partial charge in [0.1, 0.15) is 11.5 Å². The summed E-state index contributed by atoms with van der Waals surface area (Å²) >= 11 is 0. The zero-order valence-electron chi connectivity index (χ0n) is 21.5. The van der Waals surface area contributed by atoms with Crippen molar-refractivity contribution >= 4 is 11.8 Å². The van der Waals surface area contributed by atoms with Crippen molar-refractivity contribution in [2.45, 2.75) is 79.4 Å². The highest BCUT2D eigenvalue weighted by Gasteiger charge is 2.16. The molecule has 2 unspecified atom stereocenters. The summed E-state index contributed by atoms with van der Waals surface area (Å²) in [6, 6.07) is 12.0. The largest absolute Gasteiger partial charge is 0.481 e. The van der Waals surface area contributed by atoms with E-state index in [4.69, 9.17) is 9.47 Å². The fourth-order valence-corrected chi connectivity index (χ4v) is 3.47. The molecule has 2 amide bonds. The fraction of sp³-hybridized carbons (Fsp3) is 0.500. The number of rotatable bonds is 13. The van der Waals surface area contributed by atoms with E-state index in [1.807, 2.05) is 64.1 Å². The average molecular weight is 469 g/mol. The summed E-state index contributed by atoms with van der Waals surface area (Å²) in [5, 5.41) is 5.88. The van der Waals surface area contributed by atoms with Gasteiger partial charge in [-0.15, -0.1) is 0 Å². The number of carbonyl (C=O) groups is 2. The van der Waals surface area contributed by atoms with Crippen molar-refractivity contribution in [3.8, 4) is 11.5 Å². The molecule has 6 nitrogen and oxygen atoms in total. The van der Waals surface area contributed by atoms with Crippen molar-refractivity contribution in [1.29, 1.82) is 0 Å². The quantitative estimate of drug-likeness (QED) is 0.408. The van der Waals surface area contributed by atoms with Crippen LogP contribution in [0.3, 0.4) is 0 Å². The Hall–Kier alpha value is -3.02. The Labute approximate surface area is 204 Å². The van der Waals surface area contributed by atoms with E-state index in [1.165, 1.54) is 0 Å². The molecule has 0 bridgehead atoms. The molecule has 2 aromatic rings. The van der Waals surface area contributed by atoms with E-state index in [9.17, 15) is 9.59 Å². The van der Waals surface area contributed by atoms with Gasteiger partial charge in [0.2, 0.25) is 0 Å². The number of ether oxygens (including phenoxy) is 2. The summed E-state index contributed by atoms with van der Waals surface area (Å²) in [4.78, 5) is 24.6. The second-order valence-electron chi connectivity index (χ2n) is 9.05. The number of nitrogens with one attached hydrogen (secondary N) is 2. The predicted octanol–water partition coefficient (Wildman–Crippen LogP) is 4.95. The van der Waals surface area contributed by atoms with Gasteiger partial charge in [-0.1, -0.05) is 37.1 Å². The van der Waals surface area contributed by atoms with Gasteiger partial charge < -0.3 is 20.1 Å². The van der Waals surface area contributed by atoms with Gasteiger partial charge >= 0.3 is 0 Å². The lowest BCUT2D eigenvalue weighted by Crippen LogP contribution is -2.37. The van der Waals surface area contributed by atoms with Crippen molar-refractivity contribution in [2.75, 3.05) is 13.1 Å². The van der Waals surface area contributed by atoms with Crippen LogP contribution in [0, 0.1) is 27.7 Å². The smallest absolute Gasteiger partial charge is 0.260 e. The summed E-state index contributed by atoms with van der Waals surface area (Å²) in [6.07, 6.45) is 2.67. The first kappa shape index (κ1) is 27.2. The van der Waals surface area contributed by atoms with E-state index in [2.05, 4.69) is 10.6 Å². The molecule has 0 saturated carbocycles. The van der Waals surface area contributed by atoms with E-state index in [1.54, 1.807) is 13.8 Å². The van der Waals surface area contributed by atoms with Crippen LogP contribution in [0.1, 0.15) is 61.8 Å². The third-order valence-corrected chi connectivity index (χ3v) is 5.74. The van der Waals surface area contributed by atoms with Crippen LogP contribution in [0.15, 0.2) is 36.4 Å². The van der Waals surface area contributed by atoms with Crippen LogP contribution in [-0.4, -0.2) is 37.1 Å². The lowest BCUT2D eigenvalue weighted by atomic mass is 10.1. The monoisotopic (exact) mass is 468 g/mol. The number of amides is 2. The molecular weight excluding hydrogens is 428 g/mol. The fourth-order valence-electron chi connectivity index (χ4n) is 3.47. The molecule has 2 aromatic carbocycles. The molecule has 2 N–H and O–H groups in total. The zero-order valence-corrected chi connectivity index (χ0v) is 21.5. The molecule has 0 saturated heterocycles. The Kier molecular flexibility index (Phi) is 10.9. The normalized spacial score (nSPS) is 12.5. The maximum atomic E-state index is 12.3. The zero-order chi connectivity index (χ0) is 25.1. The SMILES string of the molecule is Cc1ccc(C)c(OC(C)C(=O)NCCCCCCNC(=O)C(C)Oc2cc(C)ccc2C)c1. The molecule has 0 aliphatic carbocycles. The van der Waals surface area contributed by atoms with Crippen LogP contribution in [0.5, 0.6) is 11.5 Å². The number of hydrogen-bond donors (Lipinski definition) is 2. The molecule has 0 aliphatic rings. The summed E-state index contributed by atoms with van der Waals surface area (Å²) in [5.74, 6) is 1.29. The van der Waals surface area contributed by atoms with Crippen LogP contribution < -0.4 is 20.1 Å². The van der Waals surface area contributed by atoms with Gasteiger partial charge in [0.15, 0.2) is 12.2 Å². The number of hydrogen-bond acceptors (Lipinski definition) is 4. The number of unbranched alkanes of at least 4 members (excludes halogenated alkanes) is 3. The van der Waals surface area contributed by atoms with Crippen molar-refractivity contribution in [2.24, 2.45) is 0 Å². The first-order valence-corrected chi connectivity index (χ1v) is 12.2. The van der Waals surface area contributed by atoms with Gasteiger partial charge in [-0.2, -0.15) is 0 Å². The van der Waals surface area contributed by atoms with Gasteiger partial charge in [-0.25, -0.2) is 0 Å². The standard InChI is InChI=1S/C28H40N2O4/c1-19-11-13-21(3)25(17-19)33-23(5)27(31)29-15-9-7-8-10-16-30-28(32)24(6)34-26-18-20(2)12-14-22(26)4/h11-14,17-18,23-24H,7-10,15-16H2,1-6H3,(H,29,31)(H,30,32). The minimum atomic E-state index is -0.538. The second kappa shape index (κ2) is 13.6. The van der Waals surface area contributed by atoms with E-state index in [0.29, 0.717) is 13.1 Å². The predicted molar refractivity (Wildman–Crippen MR) is 136 cm³/mol. The lowest BCUT2D eigenvalue weighted by molar-refractivity contribution is -0.128. The maximum Gasteiger partial charge on any atom is 0.260 e. The Morgan fingerprint density at radius 2 is 1.06 bits per heavy atom. The van der Waals surface area contributed by atoms with Crippen LogP contribution in [-0.2, 0) is 9.59 Å². The molecule has 186 valence electrons. The van der Waals surface area contributed by atoms with Crippen molar-refractivity contribution in [3.63, 3.8) is 0 Å². The number of benzene rings is 2. The van der Waals surface area contributed by atoms with Gasteiger partial charge in [-0.3, -0.25) is 9.59 Å². The van der Waals surface area contributed by atoms with Gasteiger partial charge in [0.05, 0.1) is 0 Å². The molecule has 0 heterocycles.